The molecule has 132 valence electrons. The van der Waals surface area contributed by atoms with Crippen LogP contribution in [0.25, 0.3) is 11.3 Å². The Morgan fingerprint density at radius 3 is 2.58 bits per heavy atom. The number of nitrogens with zero attached hydrogens (tertiary/aromatic N) is 4. The fourth-order valence-electron chi connectivity index (χ4n) is 2.40. The molecule has 2 heterocycles. The van der Waals surface area contributed by atoms with Crippen molar-refractivity contribution in [2.24, 2.45) is 7.05 Å². The molecule has 2 N–H and O–H groups in total. The van der Waals surface area contributed by atoms with Crippen molar-refractivity contribution in [2.45, 2.75) is 13.1 Å². The second-order valence-electron chi connectivity index (χ2n) is 5.61. The summed E-state index contributed by atoms with van der Waals surface area (Å²) < 4.78 is 40.8. The number of nitrogen functional groups attached to an aromatic ring is 1. The van der Waals surface area contributed by atoms with Gasteiger partial charge in [-0.3, -0.25) is 0 Å². The molecule has 0 aliphatic rings. The van der Waals surface area contributed by atoms with Gasteiger partial charge in [0, 0.05) is 12.6 Å². The predicted octanol–water partition coefficient (Wildman–Crippen LogP) is 3.19. The fraction of sp³-hybridized carbons (Fsp3) is 0.167. The Labute approximate surface area is 147 Å². The smallest absolute Gasteiger partial charge is 0.368 e. The largest absolute Gasteiger partial charge is 0.416 e. The Morgan fingerprint density at radius 1 is 1.15 bits per heavy atom. The second-order valence-corrected chi connectivity index (χ2v) is 5.61. The number of anilines is 1. The predicted molar refractivity (Wildman–Crippen MR) is 90.8 cm³/mol. The molecule has 0 aliphatic carbocycles. The van der Waals surface area contributed by atoms with Crippen LogP contribution in [-0.2, 0) is 13.2 Å². The third-order valence-corrected chi connectivity index (χ3v) is 3.70. The number of hydrogen-bond donors (Lipinski definition) is 1. The number of aromatic nitrogens is 4. The molecule has 2 aromatic heterocycles. The van der Waals surface area contributed by atoms with Gasteiger partial charge in [0.2, 0.25) is 5.95 Å². The minimum atomic E-state index is -4.45. The van der Waals surface area contributed by atoms with Gasteiger partial charge >= 0.3 is 6.18 Å². The summed E-state index contributed by atoms with van der Waals surface area (Å²) >= 11 is 0. The van der Waals surface area contributed by atoms with Crippen LogP contribution in [0.4, 0.5) is 19.1 Å². The number of alkyl halides is 3. The molecule has 0 amide bonds. The molecule has 3 aromatic rings. The minimum Gasteiger partial charge on any atom is -0.368 e. The zero-order valence-electron chi connectivity index (χ0n) is 14.0. The van der Waals surface area contributed by atoms with Crippen molar-refractivity contribution in [3.8, 4) is 23.1 Å². The monoisotopic (exact) mass is 357 g/mol. The van der Waals surface area contributed by atoms with Crippen LogP contribution in [0, 0.1) is 18.8 Å². The summed E-state index contributed by atoms with van der Waals surface area (Å²) in [6, 6.07) is 4.88. The molecular weight excluding hydrogens is 343 g/mol. The molecule has 0 saturated carbocycles. The summed E-state index contributed by atoms with van der Waals surface area (Å²) in [6.07, 6.45) is -1.27. The number of aryl methyl sites for hydroxylation is 2. The van der Waals surface area contributed by atoms with Crippen LogP contribution in [0.2, 0.25) is 0 Å². The molecular formula is C18H14F3N5. The summed E-state index contributed by atoms with van der Waals surface area (Å²) in [6.45, 7) is 1.68. The fourth-order valence-corrected chi connectivity index (χ4v) is 2.40. The van der Waals surface area contributed by atoms with E-state index in [1.165, 1.54) is 12.1 Å². The van der Waals surface area contributed by atoms with Crippen LogP contribution in [0.3, 0.4) is 0 Å². The van der Waals surface area contributed by atoms with Gasteiger partial charge in [0.25, 0.3) is 0 Å². The zero-order chi connectivity index (χ0) is 18.9. The Hall–Kier alpha value is -3.34. The van der Waals surface area contributed by atoms with Gasteiger partial charge in [0.15, 0.2) is 0 Å². The molecule has 0 bridgehead atoms. The van der Waals surface area contributed by atoms with Gasteiger partial charge in [-0.25, -0.2) is 15.0 Å². The topological polar surface area (TPSA) is 69.6 Å². The summed E-state index contributed by atoms with van der Waals surface area (Å²) in [5.74, 6) is 5.84. The number of nitrogens with two attached hydrogens (primary N) is 1. The summed E-state index contributed by atoms with van der Waals surface area (Å²) in [5, 5.41) is 0. The van der Waals surface area contributed by atoms with E-state index < -0.39 is 11.7 Å². The van der Waals surface area contributed by atoms with Crippen LogP contribution in [0.15, 0.2) is 36.8 Å². The van der Waals surface area contributed by atoms with Gasteiger partial charge in [-0.15, -0.1) is 0 Å². The minimum absolute atomic E-state index is 0.0269. The molecule has 0 fully saturated rings. The standard InChI is InChI=1S/C18H14F3N5/c1-11-15(7-6-14-9-23-10-26(14)2)16(25-17(22)24-11)12-4-3-5-13(8-12)18(19,20)21/h3-5,8-10H,1-2H3,(H2,22,24,25). The maximum Gasteiger partial charge on any atom is 0.416 e. The molecule has 0 aliphatic heterocycles. The van der Waals surface area contributed by atoms with E-state index in [4.69, 9.17) is 5.73 Å². The first-order chi connectivity index (χ1) is 12.3. The highest BCUT2D eigenvalue weighted by atomic mass is 19.4. The van der Waals surface area contributed by atoms with Gasteiger partial charge in [-0.2, -0.15) is 13.2 Å². The first-order valence-electron chi connectivity index (χ1n) is 7.56. The molecule has 0 spiro atoms. The van der Waals surface area contributed by atoms with Gasteiger partial charge in [0.1, 0.15) is 5.69 Å². The van der Waals surface area contributed by atoms with Crippen LogP contribution in [-0.4, -0.2) is 19.5 Å². The van der Waals surface area contributed by atoms with Gasteiger partial charge in [0.05, 0.1) is 35.0 Å². The Morgan fingerprint density at radius 2 is 1.92 bits per heavy atom. The first-order valence-corrected chi connectivity index (χ1v) is 7.56. The summed E-state index contributed by atoms with van der Waals surface area (Å²) in [5.41, 5.74) is 7.01. The molecule has 5 nitrogen and oxygen atoms in total. The van der Waals surface area contributed by atoms with Crippen LogP contribution in [0.1, 0.15) is 22.5 Å². The highest BCUT2D eigenvalue weighted by molar-refractivity contribution is 5.70. The number of halogens is 3. The lowest BCUT2D eigenvalue weighted by Crippen LogP contribution is -2.06. The van der Waals surface area contributed by atoms with E-state index in [-0.39, 0.29) is 17.2 Å². The summed E-state index contributed by atoms with van der Waals surface area (Å²) in [7, 11) is 1.79. The maximum atomic E-state index is 13.0. The molecule has 3 rings (SSSR count). The van der Waals surface area contributed by atoms with E-state index in [9.17, 15) is 13.2 Å². The number of imidazole rings is 1. The molecule has 26 heavy (non-hydrogen) atoms. The highest BCUT2D eigenvalue weighted by Crippen LogP contribution is 2.33. The van der Waals surface area contributed by atoms with Crippen molar-refractivity contribution in [3.63, 3.8) is 0 Å². The Balaban J connectivity index is 2.17. The lowest BCUT2D eigenvalue weighted by atomic mass is 10.0. The van der Waals surface area contributed by atoms with Crippen LogP contribution >= 0.6 is 0 Å². The molecule has 0 atom stereocenters. The van der Waals surface area contributed by atoms with Crippen molar-refractivity contribution in [3.05, 3.63) is 59.3 Å². The number of hydrogen-bond acceptors (Lipinski definition) is 4. The van der Waals surface area contributed by atoms with Crippen molar-refractivity contribution < 1.29 is 13.2 Å². The first kappa shape index (κ1) is 17.5. The average molecular weight is 357 g/mol. The average Bonchev–Trinajstić information content (AvgIpc) is 2.98. The van der Waals surface area contributed by atoms with Gasteiger partial charge in [-0.1, -0.05) is 18.1 Å². The maximum absolute atomic E-state index is 13.0. The van der Waals surface area contributed by atoms with Crippen molar-refractivity contribution in [1.29, 1.82) is 0 Å². The SMILES string of the molecule is Cc1nc(N)nc(-c2cccc(C(F)(F)F)c2)c1C#Cc1cncn1C. The molecule has 0 saturated heterocycles. The Kier molecular flexibility index (Phi) is 4.38. The third-order valence-electron chi connectivity index (χ3n) is 3.70. The molecule has 1 aromatic carbocycles. The number of benzene rings is 1. The normalized spacial score (nSPS) is 11.1. The van der Waals surface area contributed by atoms with Crippen molar-refractivity contribution in [2.75, 3.05) is 5.73 Å². The highest BCUT2D eigenvalue weighted by Gasteiger charge is 2.30. The summed E-state index contributed by atoms with van der Waals surface area (Å²) in [4.78, 5) is 12.2. The van der Waals surface area contributed by atoms with E-state index in [1.54, 1.807) is 31.1 Å². The molecule has 8 heteroatoms. The van der Waals surface area contributed by atoms with Crippen molar-refractivity contribution >= 4 is 5.95 Å². The molecule has 0 unspecified atom stereocenters. The van der Waals surface area contributed by atoms with E-state index >= 15 is 0 Å². The van der Waals surface area contributed by atoms with Gasteiger partial charge < -0.3 is 10.3 Å². The van der Waals surface area contributed by atoms with E-state index in [1.807, 2.05) is 0 Å². The van der Waals surface area contributed by atoms with E-state index in [2.05, 4.69) is 26.8 Å². The second kappa shape index (κ2) is 6.52. The lowest BCUT2D eigenvalue weighted by Gasteiger charge is -2.11. The van der Waals surface area contributed by atoms with E-state index in [0.717, 1.165) is 12.1 Å². The quantitative estimate of drug-likeness (QED) is 0.679. The van der Waals surface area contributed by atoms with Gasteiger partial charge in [-0.05, 0) is 25.0 Å². The number of rotatable bonds is 1. The molecule has 0 radical (unpaired) electrons. The van der Waals surface area contributed by atoms with E-state index in [0.29, 0.717) is 17.0 Å². The lowest BCUT2D eigenvalue weighted by molar-refractivity contribution is -0.137. The zero-order valence-corrected chi connectivity index (χ0v) is 14.0. The Bertz CT molecular complexity index is 1030. The van der Waals surface area contributed by atoms with Crippen LogP contribution in [0.5, 0.6) is 0 Å². The third kappa shape index (κ3) is 3.52. The van der Waals surface area contributed by atoms with Crippen molar-refractivity contribution in [1.82, 2.24) is 19.5 Å². The van der Waals surface area contributed by atoms with Crippen LogP contribution < -0.4 is 5.73 Å².